The van der Waals surface area contributed by atoms with Gasteiger partial charge in [-0.15, -0.1) is 0 Å². The molecule has 2 N–H and O–H groups in total. The molecule has 0 saturated carbocycles. The molecule has 0 aromatic heterocycles. The van der Waals surface area contributed by atoms with E-state index in [1.165, 1.54) is 0 Å². The molecule has 3 aliphatic rings. The van der Waals surface area contributed by atoms with Crippen molar-refractivity contribution in [2.45, 2.75) is 130 Å². The second-order valence-corrected chi connectivity index (χ2v) is 22.8. The van der Waals surface area contributed by atoms with Crippen LogP contribution in [0, 0.1) is 0 Å². The van der Waals surface area contributed by atoms with Gasteiger partial charge >= 0.3 is 0 Å². The highest BCUT2D eigenvalue weighted by atomic mass is 16.5. The van der Waals surface area contributed by atoms with E-state index in [1.54, 1.807) is 0 Å². The van der Waals surface area contributed by atoms with E-state index in [2.05, 4.69) is 142 Å². The third-order valence-electron chi connectivity index (χ3n) is 13.1. The maximum absolute atomic E-state index is 12.7. The Bertz CT molecular complexity index is 2570. The molecule has 6 aromatic rings. The first-order chi connectivity index (χ1) is 32.0. The Hall–Kier alpha value is -6.28. The fourth-order valence-corrected chi connectivity index (χ4v) is 9.01. The zero-order valence-electron chi connectivity index (χ0n) is 42.3. The number of ether oxygens (including phenoxy) is 4. The fourth-order valence-electron chi connectivity index (χ4n) is 9.01. The van der Waals surface area contributed by atoms with Gasteiger partial charge in [0.15, 0.2) is 0 Å². The van der Waals surface area contributed by atoms with Crippen molar-refractivity contribution in [1.82, 2.24) is 0 Å². The Morgan fingerprint density at radius 1 is 0.353 bits per heavy atom. The summed E-state index contributed by atoms with van der Waals surface area (Å²) >= 11 is 0. The maximum Gasteiger partial charge on any atom is 0.126 e. The molecule has 0 saturated heterocycles. The van der Waals surface area contributed by atoms with Crippen LogP contribution in [0.15, 0.2) is 107 Å². The zero-order chi connectivity index (χ0) is 48.8. The van der Waals surface area contributed by atoms with Crippen LogP contribution >= 0.6 is 0 Å². The van der Waals surface area contributed by atoms with Gasteiger partial charge in [0.25, 0.3) is 0 Å². The van der Waals surface area contributed by atoms with Crippen LogP contribution in [0.1, 0.15) is 150 Å². The van der Waals surface area contributed by atoms with Crippen molar-refractivity contribution in [3.05, 3.63) is 164 Å². The largest absolute Gasteiger partial charge is 0.507 e. The van der Waals surface area contributed by atoms with E-state index >= 15 is 0 Å². The lowest BCUT2D eigenvalue weighted by Crippen LogP contribution is -2.18. The van der Waals surface area contributed by atoms with Gasteiger partial charge in [-0.25, -0.2) is 0 Å². The standard InChI is InChI=1S/C60H70N2O6/c1-57(2,3)45-27-37-23-41-31-47(59(7,8)9)33-43-25-39-29-46(58(4,5)6)30-40(54(39)64)26-44-34-48(60(10,11)12)32-42(24-38(28-45)53(37)63)56(44)68-22-20-66-52-18-14-16-50(36-52)62-61-49-15-13-17-51(35-49)65-19-21-67-55(41)43/h13-18,27-36,63-64H,19-26H2,1-12H3. The van der Waals surface area contributed by atoms with Gasteiger partial charge in [0.1, 0.15) is 60.9 Å². The molecule has 2 heterocycles. The van der Waals surface area contributed by atoms with Gasteiger partial charge in [-0.3, -0.25) is 0 Å². The second-order valence-electron chi connectivity index (χ2n) is 22.8. The number of hydrogen-bond donors (Lipinski definition) is 2. The minimum atomic E-state index is -0.218. The third-order valence-corrected chi connectivity index (χ3v) is 13.1. The lowest BCUT2D eigenvalue weighted by Gasteiger charge is -2.28. The van der Waals surface area contributed by atoms with Gasteiger partial charge in [-0.1, -0.05) is 144 Å². The first-order valence-electron chi connectivity index (χ1n) is 24.2. The molecule has 0 spiro atoms. The number of azo groups is 1. The monoisotopic (exact) mass is 915 g/mol. The summed E-state index contributed by atoms with van der Waals surface area (Å²) in [6.07, 6.45) is 1.65. The molecule has 1 aliphatic carbocycles. The summed E-state index contributed by atoms with van der Waals surface area (Å²) in [7, 11) is 0. The Labute approximate surface area is 404 Å². The number of benzene rings is 6. The molecule has 9 rings (SSSR count). The Kier molecular flexibility index (Phi) is 13.2. The van der Waals surface area contributed by atoms with Crippen molar-refractivity contribution in [2.75, 3.05) is 26.4 Å². The number of phenolic OH excluding ortho intramolecular Hbond substituents is 2. The van der Waals surface area contributed by atoms with Gasteiger partial charge in [0, 0.05) is 37.8 Å². The Morgan fingerprint density at radius 2 is 0.618 bits per heavy atom. The predicted octanol–water partition coefficient (Wildman–Crippen LogP) is 14.6. The summed E-state index contributed by atoms with van der Waals surface area (Å²) in [4.78, 5) is 0. The van der Waals surface area contributed by atoms with Gasteiger partial charge in [0.2, 0.25) is 0 Å². The van der Waals surface area contributed by atoms with Crippen molar-refractivity contribution in [1.29, 1.82) is 0 Å². The van der Waals surface area contributed by atoms with E-state index in [9.17, 15) is 10.2 Å². The van der Waals surface area contributed by atoms with E-state index in [0.717, 1.165) is 78.3 Å². The van der Waals surface area contributed by atoms with E-state index in [-0.39, 0.29) is 59.6 Å². The molecule has 8 nitrogen and oxygen atoms in total. The Morgan fingerprint density at radius 3 is 0.897 bits per heavy atom. The molecular weight excluding hydrogens is 845 g/mol. The van der Waals surface area contributed by atoms with Crippen molar-refractivity contribution in [3.63, 3.8) is 0 Å². The van der Waals surface area contributed by atoms with Crippen molar-refractivity contribution in [2.24, 2.45) is 10.2 Å². The highest BCUT2D eigenvalue weighted by Gasteiger charge is 2.29. The average molecular weight is 915 g/mol. The van der Waals surface area contributed by atoms with E-state index in [1.807, 2.05) is 48.5 Å². The normalized spacial score (nSPS) is 14.8. The molecule has 0 amide bonds. The fraction of sp³-hybridized carbons (Fsp3) is 0.400. The number of aromatic hydroxyl groups is 2. The molecule has 6 aromatic carbocycles. The number of fused-ring (bicyclic) bond motifs is 6. The second kappa shape index (κ2) is 18.7. The van der Waals surface area contributed by atoms with Crippen molar-refractivity contribution >= 4 is 11.4 Å². The highest BCUT2D eigenvalue weighted by molar-refractivity contribution is 5.59. The minimum Gasteiger partial charge on any atom is -0.507 e. The maximum atomic E-state index is 12.7. The molecule has 8 heteroatoms. The SMILES string of the molecule is CC(C)(C)c1cc2c(O)c(c1)Cc1cc(C(C)(C)C)cc3c1OCCOc1cccc(c1)N=Nc1cccc(c1)OCCOc1c(cc(C(C)(C)C)cc1Cc1cc(C(C)(C)C)cc(c1O)C3)C2. The summed E-state index contributed by atoms with van der Waals surface area (Å²) in [6.45, 7) is 27.7. The van der Waals surface area contributed by atoms with Crippen LogP contribution in [0.25, 0.3) is 0 Å². The molecule has 2 aliphatic heterocycles. The van der Waals surface area contributed by atoms with Crippen LogP contribution in [0.2, 0.25) is 0 Å². The smallest absolute Gasteiger partial charge is 0.126 e. The topological polar surface area (TPSA) is 102 Å². The van der Waals surface area contributed by atoms with Crippen molar-refractivity contribution < 1.29 is 29.2 Å². The summed E-state index contributed by atoms with van der Waals surface area (Å²) < 4.78 is 26.5. The lowest BCUT2D eigenvalue weighted by atomic mass is 9.79. The van der Waals surface area contributed by atoms with Crippen LogP contribution in [0.5, 0.6) is 34.5 Å². The van der Waals surface area contributed by atoms with Gasteiger partial charge < -0.3 is 29.2 Å². The summed E-state index contributed by atoms with van der Waals surface area (Å²) in [5.74, 6) is 3.27. The lowest BCUT2D eigenvalue weighted by molar-refractivity contribution is 0.215. The van der Waals surface area contributed by atoms with Crippen LogP contribution in [0.4, 0.5) is 11.4 Å². The predicted molar refractivity (Wildman–Crippen MR) is 274 cm³/mol. The summed E-state index contributed by atoms with van der Waals surface area (Å²) in [6, 6.07) is 32.7. The van der Waals surface area contributed by atoms with Crippen LogP contribution in [-0.2, 0) is 47.3 Å². The molecule has 0 unspecified atom stereocenters. The van der Waals surface area contributed by atoms with Crippen LogP contribution in [0.3, 0.4) is 0 Å². The van der Waals surface area contributed by atoms with E-state index < -0.39 is 0 Å². The third kappa shape index (κ3) is 11.0. The molecule has 14 bridgehead atoms. The first-order valence-corrected chi connectivity index (χ1v) is 24.2. The van der Waals surface area contributed by atoms with Gasteiger partial charge in [0.05, 0.1) is 11.4 Å². The summed E-state index contributed by atoms with van der Waals surface area (Å²) in [5, 5.41) is 34.4. The molecule has 356 valence electrons. The van der Waals surface area contributed by atoms with Gasteiger partial charge in [-0.05, 0) is 113 Å². The quantitative estimate of drug-likeness (QED) is 0.157. The minimum absolute atomic E-state index is 0.216. The zero-order valence-corrected chi connectivity index (χ0v) is 42.3. The average Bonchev–Trinajstić information content (AvgIpc) is 3.25. The van der Waals surface area contributed by atoms with Gasteiger partial charge in [-0.2, -0.15) is 10.2 Å². The van der Waals surface area contributed by atoms with Crippen LogP contribution in [-0.4, -0.2) is 36.6 Å². The number of nitrogens with zero attached hydrogens (tertiary/aromatic N) is 2. The Balaban J connectivity index is 1.41. The first kappa shape index (κ1) is 48.2. The molecular formula is C60H70N2O6. The highest BCUT2D eigenvalue weighted by Crippen LogP contribution is 2.44. The van der Waals surface area contributed by atoms with E-state index in [0.29, 0.717) is 48.6 Å². The van der Waals surface area contributed by atoms with E-state index in [4.69, 9.17) is 18.9 Å². The molecule has 68 heavy (non-hydrogen) atoms. The molecule has 0 radical (unpaired) electrons. The molecule has 0 fully saturated rings. The number of phenols is 2. The summed E-state index contributed by atoms with van der Waals surface area (Å²) in [5.41, 5.74) is 12.1. The van der Waals surface area contributed by atoms with Crippen LogP contribution < -0.4 is 18.9 Å². The molecule has 0 atom stereocenters. The number of rotatable bonds is 0. The number of hydrogen-bond acceptors (Lipinski definition) is 8. The van der Waals surface area contributed by atoms with Crippen molar-refractivity contribution in [3.8, 4) is 34.5 Å².